The van der Waals surface area contributed by atoms with Crippen LogP contribution in [0.15, 0.2) is 48.7 Å². The number of hydrogen-bond acceptors (Lipinski definition) is 1. The predicted octanol–water partition coefficient (Wildman–Crippen LogP) is 2.96. The maximum Gasteiger partial charge on any atom is 0.0992 e. The summed E-state index contributed by atoms with van der Waals surface area (Å²) in [6.45, 7) is 0. The molecule has 0 spiro atoms. The van der Waals surface area contributed by atoms with Crippen molar-refractivity contribution in [1.82, 2.24) is 4.40 Å². The van der Waals surface area contributed by atoms with Crippen LogP contribution in [0.3, 0.4) is 0 Å². The molecule has 0 saturated carbocycles. The molecule has 0 atom stereocenters. The third-order valence-electron chi connectivity index (χ3n) is 2.61. The molecule has 15 heavy (non-hydrogen) atoms. The van der Waals surface area contributed by atoms with Gasteiger partial charge in [0, 0.05) is 17.1 Å². The van der Waals surface area contributed by atoms with Crippen molar-refractivity contribution in [2.24, 2.45) is 0 Å². The van der Waals surface area contributed by atoms with Crippen molar-refractivity contribution < 1.29 is 0 Å². The van der Waals surface area contributed by atoms with E-state index in [9.17, 15) is 0 Å². The molecule has 0 N–H and O–H groups in total. The fourth-order valence-corrected chi connectivity index (χ4v) is 1.90. The minimum atomic E-state index is 0.700. The number of nitriles is 1. The van der Waals surface area contributed by atoms with E-state index in [-0.39, 0.29) is 0 Å². The molecule has 2 heteroatoms. The molecule has 0 unspecified atom stereocenters. The summed E-state index contributed by atoms with van der Waals surface area (Å²) in [5.74, 6) is 0. The Balaban J connectivity index is 2.53. The molecule has 0 aliphatic rings. The molecule has 0 aliphatic carbocycles. The van der Waals surface area contributed by atoms with Gasteiger partial charge in [0.2, 0.25) is 0 Å². The smallest absolute Gasteiger partial charge is 0.0992 e. The molecule has 0 amide bonds. The van der Waals surface area contributed by atoms with Crippen LogP contribution in [-0.4, -0.2) is 4.40 Å². The molecule has 0 fully saturated rings. The van der Waals surface area contributed by atoms with E-state index >= 15 is 0 Å². The largest absolute Gasteiger partial charge is 0.317 e. The molecule has 2 aromatic heterocycles. The molecule has 70 valence electrons. The highest BCUT2D eigenvalue weighted by atomic mass is 14.9. The SMILES string of the molecule is N#Cc1ccc2cc3ccccn3c2c1. The van der Waals surface area contributed by atoms with Gasteiger partial charge in [0.25, 0.3) is 0 Å². The lowest BCUT2D eigenvalue weighted by molar-refractivity contribution is 1.25. The van der Waals surface area contributed by atoms with E-state index in [2.05, 4.69) is 22.6 Å². The fourth-order valence-electron chi connectivity index (χ4n) is 1.90. The maximum absolute atomic E-state index is 8.85. The Morgan fingerprint density at radius 2 is 2.00 bits per heavy atom. The second-order valence-corrected chi connectivity index (χ2v) is 3.53. The predicted molar refractivity (Wildman–Crippen MR) is 59.6 cm³/mol. The lowest BCUT2D eigenvalue weighted by Gasteiger charge is -1.95. The normalized spacial score (nSPS) is 10.6. The van der Waals surface area contributed by atoms with Crippen LogP contribution in [0.2, 0.25) is 0 Å². The summed E-state index contributed by atoms with van der Waals surface area (Å²) < 4.78 is 2.09. The average Bonchev–Trinajstić information content (AvgIpc) is 2.66. The Morgan fingerprint density at radius 3 is 2.87 bits per heavy atom. The van der Waals surface area contributed by atoms with Crippen LogP contribution in [0.4, 0.5) is 0 Å². The Labute approximate surface area is 87.0 Å². The van der Waals surface area contributed by atoms with Gasteiger partial charge in [0.05, 0.1) is 17.1 Å². The van der Waals surface area contributed by atoms with Crippen molar-refractivity contribution in [3.63, 3.8) is 0 Å². The van der Waals surface area contributed by atoms with Crippen molar-refractivity contribution >= 4 is 16.4 Å². The van der Waals surface area contributed by atoms with E-state index in [1.54, 1.807) is 0 Å². The van der Waals surface area contributed by atoms with Gasteiger partial charge in [-0.1, -0.05) is 12.1 Å². The molecule has 2 nitrogen and oxygen atoms in total. The molecular weight excluding hydrogens is 184 g/mol. The summed E-state index contributed by atoms with van der Waals surface area (Å²) in [5.41, 5.74) is 2.94. The highest BCUT2D eigenvalue weighted by Crippen LogP contribution is 2.20. The van der Waals surface area contributed by atoms with E-state index in [0.717, 1.165) is 11.0 Å². The van der Waals surface area contributed by atoms with Crippen molar-refractivity contribution in [1.29, 1.82) is 5.26 Å². The Morgan fingerprint density at radius 1 is 1.07 bits per heavy atom. The van der Waals surface area contributed by atoms with E-state index in [1.165, 1.54) is 5.39 Å². The fraction of sp³-hybridized carbons (Fsp3) is 0. The van der Waals surface area contributed by atoms with Crippen molar-refractivity contribution in [3.05, 3.63) is 54.2 Å². The minimum absolute atomic E-state index is 0.700. The quantitative estimate of drug-likeness (QED) is 0.538. The molecule has 0 bridgehead atoms. The monoisotopic (exact) mass is 192 g/mol. The van der Waals surface area contributed by atoms with E-state index in [0.29, 0.717) is 5.56 Å². The summed E-state index contributed by atoms with van der Waals surface area (Å²) in [6.07, 6.45) is 2.01. The molecule has 0 saturated heterocycles. The van der Waals surface area contributed by atoms with Gasteiger partial charge >= 0.3 is 0 Å². The highest BCUT2D eigenvalue weighted by Gasteiger charge is 2.01. The first-order valence-electron chi connectivity index (χ1n) is 4.78. The number of benzene rings is 1. The first-order valence-corrected chi connectivity index (χ1v) is 4.78. The van der Waals surface area contributed by atoms with E-state index < -0.39 is 0 Å². The molecule has 2 heterocycles. The van der Waals surface area contributed by atoms with Crippen LogP contribution >= 0.6 is 0 Å². The van der Waals surface area contributed by atoms with E-state index in [4.69, 9.17) is 5.26 Å². The van der Waals surface area contributed by atoms with Crippen LogP contribution in [0.1, 0.15) is 5.56 Å². The number of hydrogen-bond donors (Lipinski definition) is 0. The number of pyridine rings is 1. The zero-order valence-corrected chi connectivity index (χ0v) is 8.01. The van der Waals surface area contributed by atoms with Crippen molar-refractivity contribution in [2.75, 3.05) is 0 Å². The second-order valence-electron chi connectivity index (χ2n) is 3.53. The minimum Gasteiger partial charge on any atom is -0.317 e. The number of nitrogens with zero attached hydrogens (tertiary/aromatic N) is 2. The molecule has 3 aromatic rings. The van der Waals surface area contributed by atoms with Crippen LogP contribution in [0.25, 0.3) is 16.4 Å². The zero-order chi connectivity index (χ0) is 10.3. The average molecular weight is 192 g/mol. The molecule has 3 rings (SSSR count). The summed E-state index contributed by atoms with van der Waals surface area (Å²) in [5, 5.41) is 10.0. The Hall–Kier alpha value is -2.27. The third-order valence-corrected chi connectivity index (χ3v) is 2.61. The van der Waals surface area contributed by atoms with Gasteiger partial charge < -0.3 is 4.40 Å². The highest BCUT2D eigenvalue weighted by molar-refractivity contribution is 5.88. The number of rotatable bonds is 0. The molecular formula is C13H8N2. The third kappa shape index (κ3) is 1.10. The first-order chi connectivity index (χ1) is 7.38. The van der Waals surface area contributed by atoms with Crippen LogP contribution in [0, 0.1) is 11.3 Å². The Kier molecular flexibility index (Phi) is 1.54. The lowest BCUT2D eigenvalue weighted by atomic mass is 10.2. The number of fused-ring (bicyclic) bond motifs is 3. The van der Waals surface area contributed by atoms with Crippen LogP contribution < -0.4 is 0 Å². The summed E-state index contributed by atoms with van der Waals surface area (Å²) in [7, 11) is 0. The van der Waals surface area contributed by atoms with Gasteiger partial charge in [-0.3, -0.25) is 0 Å². The zero-order valence-electron chi connectivity index (χ0n) is 8.01. The van der Waals surface area contributed by atoms with Gasteiger partial charge in [-0.25, -0.2) is 0 Å². The van der Waals surface area contributed by atoms with Gasteiger partial charge in [0.1, 0.15) is 0 Å². The van der Waals surface area contributed by atoms with Gasteiger partial charge in [-0.15, -0.1) is 0 Å². The van der Waals surface area contributed by atoms with Crippen LogP contribution in [0.5, 0.6) is 0 Å². The topological polar surface area (TPSA) is 28.2 Å². The summed E-state index contributed by atoms with van der Waals surface area (Å²) in [6, 6.07) is 16.1. The standard InChI is InChI=1S/C13H8N2/c14-9-10-4-5-11-8-12-3-1-2-6-15(12)13(11)7-10/h1-8H. The number of aromatic nitrogens is 1. The summed E-state index contributed by atoms with van der Waals surface area (Å²) in [4.78, 5) is 0. The molecule has 1 aromatic carbocycles. The van der Waals surface area contributed by atoms with Gasteiger partial charge in [-0.05, 0) is 30.3 Å². The van der Waals surface area contributed by atoms with Gasteiger partial charge in [0.15, 0.2) is 0 Å². The van der Waals surface area contributed by atoms with E-state index in [1.807, 2.05) is 36.5 Å². The van der Waals surface area contributed by atoms with Crippen molar-refractivity contribution in [2.45, 2.75) is 0 Å². The van der Waals surface area contributed by atoms with Crippen LogP contribution in [-0.2, 0) is 0 Å². The Bertz CT molecular complexity index is 686. The molecule has 0 radical (unpaired) electrons. The van der Waals surface area contributed by atoms with Gasteiger partial charge in [-0.2, -0.15) is 5.26 Å². The second kappa shape index (κ2) is 2.86. The lowest BCUT2D eigenvalue weighted by Crippen LogP contribution is -1.82. The summed E-state index contributed by atoms with van der Waals surface area (Å²) >= 11 is 0. The van der Waals surface area contributed by atoms with Crippen molar-refractivity contribution in [3.8, 4) is 6.07 Å². The molecule has 0 aliphatic heterocycles. The first kappa shape index (κ1) is 8.07. The maximum atomic E-state index is 8.85.